The molecule has 21 heavy (non-hydrogen) atoms. The third kappa shape index (κ3) is 2.60. The Labute approximate surface area is 121 Å². The standard InChI is InChI=1S/C15H14FN5/c1-9-7-10(2)19-15(18-9)21-8-13(17)14(20-21)11-3-5-12(16)6-4-11/h3-8H,17H2,1-2H3. The zero-order valence-electron chi connectivity index (χ0n) is 11.7. The smallest absolute Gasteiger partial charge is 0.251 e. The predicted octanol–water partition coefficient (Wildman–Crippen LogP) is 2.67. The van der Waals surface area contributed by atoms with E-state index < -0.39 is 0 Å². The molecule has 0 radical (unpaired) electrons. The van der Waals surface area contributed by atoms with Crippen molar-refractivity contribution in [2.75, 3.05) is 5.73 Å². The van der Waals surface area contributed by atoms with Gasteiger partial charge in [0.1, 0.15) is 11.5 Å². The maximum Gasteiger partial charge on any atom is 0.251 e. The highest BCUT2D eigenvalue weighted by Gasteiger charge is 2.11. The molecule has 0 atom stereocenters. The van der Waals surface area contributed by atoms with Gasteiger partial charge in [-0.05, 0) is 44.2 Å². The van der Waals surface area contributed by atoms with Crippen LogP contribution in [0.4, 0.5) is 10.1 Å². The van der Waals surface area contributed by atoms with Gasteiger partial charge in [0.2, 0.25) is 0 Å². The second-order valence-electron chi connectivity index (χ2n) is 4.84. The molecule has 2 heterocycles. The molecule has 2 aromatic heterocycles. The van der Waals surface area contributed by atoms with Crippen LogP contribution in [-0.4, -0.2) is 19.7 Å². The van der Waals surface area contributed by atoms with E-state index in [4.69, 9.17) is 5.73 Å². The van der Waals surface area contributed by atoms with Crippen LogP contribution in [0.1, 0.15) is 11.4 Å². The topological polar surface area (TPSA) is 69.6 Å². The Morgan fingerprint density at radius 3 is 2.29 bits per heavy atom. The predicted molar refractivity (Wildman–Crippen MR) is 78.4 cm³/mol. The fourth-order valence-electron chi connectivity index (χ4n) is 2.13. The van der Waals surface area contributed by atoms with Crippen molar-refractivity contribution in [1.29, 1.82) is 0 Å². The molecule has 0 bridgehead atoms. The first-order valence-electron chi connectivity index (χ1n) is 6.46. The van der Waals surface area contributed by atoms with Gasteiger partial charge < -0.3 is 5.73 Å². The van der Waals surface area contributed by atoms with Gasteiger partial charge in [-0.15, -0.1) is 0 Å². The summed E-state index contributed by atoms with van der Waals surface area (Å²) in [5.41, 5.74) is 9.52. The summed E-state index contributed by atoms with van der Waals surface area (Å²) in [6.07, 6.45) is 1.66. The number of nitrogens with two attached hydrogens (primary N) is 1. The van der Waals surface area contributed by atoms with Crippen molar-refractivity contribution in [3.63, 3.8) is 0 Å². The summed E-state index contributed by atoms with van der Waals surface area (Å²) in [6, 6.07) is 7.92. The lowest BCUT2D eigenvalue weighted by Gasteiger charge is -2.02. The number of aryl methyl sites for hydroxylation is 2. The molecule has 0 saturated carbocycles. The van der Waals surface area contributed by atoms with Gasteiger partial charge in [0.05, 0.1) is 11.9 Å². The van der Waals surface area contributed by atoms with E-state index in [0.717, 1.165) is 17.0 Å². The number of aromatic nitrogens is 4. The van der Waals surface area contributed by atoms with Crippen LogP contribution in [-0.2, 0) is 0 Å². The number of hydrogen-bond acceptors (Lipinski definition) is 4. The molecule has 0 unspecified atom stereocenters. The van der Waals surface area contributed by atoms with E-state index in [1.165, 1.54) is 16.8 Å². The van der Waals surface area contributed by atoms with Crippen LogP contribution in [0, 0.1) is 19.7 Å². The van der Waals surface area contributed by atoms with Gasteiger partial charge in [0, 0.05) is 17.0 Å². The highest BCUT2D eigenvalue weighted by atomic mass is 19.1. The van der Waals surface area contributed by atoms with Crippen molar-refractivity contribution in [2.24, 2.45) is 0 Å². The van der Waals surface area contributed by atoms with E-state index in [-0.39, 0.29) is 5.82 Å². The van der Waals surface area contributed by atoms with Crippen LogP contribution in [0.5, 0.6) is 0 Å². The number of nitrogen functional groups attached to an aromatic ring is 1. The van der Waals surface area contributed by atoms with E-state index in [1.54, 1.807) is 18.3 Å². The van der Waals surface area contributed by atoms with Crippen molar-refractivity contribution in [3.05, 3.63) is 53.7 Å². The maximum absolute atomic E-state index is 13.0. The fraction of sp³-hybridized carbons (Fsp3) is 0.133. The molecule has 0 spiro atoms. The van der Waals surface area contributed by atoms with E-state index >= 15 is 0 Å². The fourth-order valence-corrected chi connectivity index (χ4v) is 2.13. The molecular weight excluding hydrogens is 269 g/mol. The lowest BCUT2D eigenvalue weighted by Crippen LogP contribution is -2.04. The average molecular weight is 283 g/mol. The first kappa shape index (κ1) is 13.2. The zero-order valence-corrected chi connectivity index (χ0v) is 11.7. The first-order valence-corrected chi connectivity index (χ1v) is 6.46. The summed E-state index contributed by atoms with van der Waals surface area (Å²) in [6.45, 7) is 3.79. The minimum Gasteiger partial charge on any atom is -0.396 e. The Morgan fingerprint density at radius 1 is 1.05 bits per heavy atom. The molecule has 3 aromatic rings. The second-order valence-corrected chi connectivity index (χ2v) is 4.84. The van der Waals surface area contributed by atoms with Crippen molar-refractivity contribution < 1.29 is 4.39 Å². The minimum absolute atomic E-state index is 0.297. The molecule has 106 valence electrons. The molecule has 0 amide bonds. The molecule has 1 aromatic carbocycles. The summed E-state index contributed by atoms with van der Waals surface area (Å²) >= 11 is 0. The number of hydrogen-bond donors (Lipinski definition) is 1. The van der Waals surface area contributed by atoms with Crippen molar-refractivity contribution in [3.8, 4) is 17.2 Å². The third-order valence-electron chi connectivity index (χ3n) is 3.04. The summed E-state index contributed by atoms with van der Waals surface area (Å²) in [7, 11) is 0. The largest absolute Gasteiger partial charge is 0.396 e. The average Bonchev–Trinajstić information content (AvgIpc) is 2.81. The Kier molecular flexibility index (Phi) is 3.13. The molecule has 6 heteroatoms. The highest BCUT2D eigenvalue weighted by Crippen LogP contribution is 2.25. The zero-order chi connectivity index (χ0) is 15.0. The summed E-state index contributed by atoms with van der Waals surface area (Å²) in [5.74, 6) is 0.168. The van der Waals surface area contributed by atoms with Gasteiger partial charge in [0.15, 0.2) is 0 Å². The van der Waals surface area contributed by atoms with Gasteiger partial charge >= 0.3 is 0 Å². The van der Waals surface area contributed by atoms with Crippen molar-refractivity contribution in [1.82, 2.24) is 19.7 Å². The van der Waals surface area contributed by atoms with Crippen LogP contribution in [0.25, 0.3) is 17.2 Å². The number of halogens is 1. The molecule has 0 aliphatic carbocycles. The van der Waals surface area contributed by atoms with Crippen LogP contribution in [0.15, 0.2) is 36.5 Å². The van der Waals surface area contributed by atoms with Gasteiger partial charge in [-0.25, -0.2) is 19.0 Å². The van der Waals surface area contributed by atoms with Crippen LogP contribution >= 0.6 is 0 Å². The number of benzene rings is 1. The van der Waals surface area contributed by atoms with Crippen LogP contribution in [0.2, 0.25) is 0 Å². The molecule has 0 aliphatic rings. The molecule has 0 fully saturated rings. The lowest BCUT2D eigenvalue weighted by atomic mass is 10.1. The number of nitrogens with zero attached hydrogens (tertiary/aromatic N) is 4. The molecule has 2 N–H and O–H groups in total. The summed E-state index contributed by atoms with van der Waals surface area (Å²) < 4.78 is 14.5. The van der Waals surface area contributed by atoms with E-state index in [1.807, 2.05) is 19.9 Å². The minimum atomic E-state index is -0.297. The second kappa shape index (κ2) is 4.97. The molecule has 5 nitrogen and oxygen atoms in total. The van der Waals surface area contributed by atoms with Gasteiger partial charge in [-0.1, -0.05) is 0 Å². The molecule has 0 aliphatic heterocycles. The van der Waals surface area contributed by atoms with Crippen LogP contribution in [0.3, 0.4) is 0 Å². The highest BCUT2D eigenvalue weighted by molar-refractivity contribution is 5.72. The lowest BCUT2D eigenvalue weighted by molar-refractivity contribution is 0.628. The van der Waals surface area contributed by atoms with Crippen molar-refractivity contribution in [2.45, 2.75) is 13.8 Å². The van der Waals surface area contributed by atoms with Gasteiger partial charge in [-0.3, -0.25) is 0 Å². The van der Waals surface area contributed by atoms with E-state index in [2.05, 4.69) is 15.1 Å². The summed E-state index contributed by atoms with van der Waals surface area (Å²) in [4.78, 5) is 8.68. The normalized spacial score (nSPS) is 10.8. The Balaban J connectivity index is 2.07. The van der Waals surface area contributed by atoms with Crippen LogP contribution < -0.4 is 5.73 Å². The van der Waals surface area contributed by atoms with Gasteiger partial charge in [-0.2, -0.15) is 5.10 Å². The number of anilines is 1. The van der Waals surface area contributed by atoms with E-state index in [0.29, 0.717) is 17.3 Å². The molecular formula is C15H14FN5. The SMILES string of the molecule is Cc1cc(C)nc(-n2cc(N)c(-c3ccc(F)cc3)n2)n1. The molecule has 0 saturated heterocycles. The monoisotopic (exact) mass is 283 g/mol. The first-order chi connectivity index (χ1) is 10.0. The summed E-state index contributed by atoms with van der Waals surface area (Å²) in [5, 5.41) is 4.41. The van der Waals surface area contributed by atoms with Gasteiger partial charge in [0.25, 0.3) is 5.95 Å². The third-order valence-corrected chi connectivity index (χ3v) is 3.04. The Hall–Kier alpha value is -2.76. The maximum atomic E-state index is 13.0. The molecule has 3 rings (SSSR count). The Morgan fingerprint density at radius 2 is 1.67 bits per heavy atom. The van der Waals surface area contributed by atoms with E-state index in [9.17, 15) is 4.39 Å². The quantitative estimate of drug-likeness (QED) is 0.785. The number of rotatable bonds is 2. The van der Waals surface area contributed by atoms with Crippen molar-refractivity contribution >= 4 is 5.69 Å². The Bertz CT molecular complexity index is 772.